The summed E-state index contributed by atoms with van der Waals surface area (Å²) in [5.74, 6) is 1.36. The van der Waals surface area contributed by atoms with Crippen LogP contribution in [0.5, 0.6) is 17.2 Å². The van der Waals surface area contributed by atoms with Gasteiger partial charge < -0.3 is 19.5 Å². The van der Waals surface area contributed by atoms with Crippen LogP contribution in [0.2, 0.25) is 0 Å². The number of fused-ring (bicyclic) bond motifs is 1. The molecule has 104 valence electrons. The molecule has 0 fully saturated rings. The zero-order chi connectivity index (χ0) is 14.1. The summed E-state index contributed by atoms with van der Waals surface area (Å²) in [6.45, 7) is 2.15. The molecule has 0 saturated carbocycles. The number of ether oxygens (including phenoxy) is 3. The predicted octanol–water partition coefficient (Wildman–Crippen LogP) is 3.05. The molecule has 0 unspecified atom stereocenters. The van der Waals surface area contributed by atoms with Gasteiger partial charge in [-0.05, 0) is 13.0 Å². The first-order chi connectivity index (χ1) is 9.67. The van der Waals surface area contributed by atoms with Crippen LogP contribution in [0.3, 0.4) is 0 Å². The van der Waals surface area contributed by atoms with Gasteiger partial charge in [0.05, 0.1) is 18.4 Å². The Bertz CT molecular complexity index is 665. The molecule has 1 aromatic carbocycles. The number of amides is 1. The summed E-state index contributed by atoms with van der Waals surface area (Å²) in [4.78, 5) is 13.5. The van der Waals surface area contributed by atoms with Crippen molar-refractivity contribution in [1.82, 2.24) is 0 Å². The van der Waals surface area contributed by atoms with Crippen LogP contribution in [0.4, 0.5) is 5.69 Å². The third kappa shape index (κ3) is 2.30. The van der Waals surface area contributed by atoms with Crippen LogP contribution in [0.15, 0.2) is 23.6 Å². The molecule has 0 aliphatic carbocycles. The molecule has 3 rings (SSSR count). The monoisotopic (exact) mass is 291 g/mol. The van der Waals surface area contributed by atoms with Crippen molar-refractivity contribution in [2.75, 3.05) is 19.2 Å². The average Bonchev–Trinajstić information content (AvgIpc) is 3.05. The lowest BCUT2D eigenvalue weighted by Gasteiger charge is -2.09. The van der Waals surface area contributed by atoms with Crippen molar-refractivity contribution in [1.29, 1.82) is 0 Å². The van der Waals surface area contributed by atoms with E-state index in [0.717, 1.165) is 10.6 Å². The maximum Gasteiger partial charge on any atom is 0.259 e. The highest BCUT2D eigenvalue weighted by molar-refractivity contribution is 7.10. The van der Waals surface area contributed by atoms with Crippen LogP contribution in [0.25, 0.3) is 0 Å². The predicted molar refractivity (Wildman–Crippen MR) is 76.1 cm³/mol. The first-order valence-electron chi connectivity index (χ1n) is 6.01. The highest BCUT2D eigenvalue weighted by atomic mass is 32.1. The molecule has 20 heavy (non-hydrogen) atoms. The van der Waals surface area contributed by atoms with E-state index in [9.17, 15) is 4.79 Å². The molecule has 1 N–H and O–H groups in total. The summed E-state index contributed by atoms with van der Waals surface area (Å²) in [7, 11) is 1.52. The molecular formula is C14H13NO4S. The van der Waals surface area contributed by atoms with E-state index in [1.807, 2.05) is 18.4 Å². The van der Waals surface area contributed by atoms with Crippen molar-refractivity contribution < 1.29 is 19.0 Å². The number of methoxy groups -OCH3 is 1. The first kappa shape index (κ1) is 12.8. The minimum Gasteiger partial charge on any atom is -0.496 e. The minimum absolute atomic E-state index is 0.160. The lowest BCUT2D eigenvalue weighted by Crippen LogP contribution is -2.12. The average molecular weight is 291 g/mol. The van der Waals surface area contributed by atoms with Gasteiger partial charge in [0, 0.05) is 22.4 Å². The molecule has 0 saturated heterocycles. The highest BCUT2D eigenvalue weighted by Crippen LogP contribution is 2.38. The van der Waals surface area contributed by atoms with Crippen LogP contribution in [-0.2, 0) is 0 Å². The van der Waals surface area contributed by atoms with Crippen LogP contribution >= 0.6 is 11.3 Å². The van der Waals surface area contributed by atoms with Crippen molar-refractivity contribution in [3.8, 4) is 17.2 Å². The van der Waals surface area contributed by atoms with Gasteiger partial charge in [-0.15, -0.1) is 11.3 Å². The molecule has 1 aliphatic rings. The molecule has 0 radical (unpaired) electrons. The highest BCUT2D eigenvalue weighted by Gasteiger charge is 2.21. The largest absolute Gasteiger partial charge is 0.496 e. The number of hydrogen-bond acceptors (Lipinski definition) is 5. The van der Waals surface area contributed by atoms with Crippen molar-refractivity contribution in [2.24, 2.45) is 0 Å². The molecule has 0 spiro atoms. The third-order valence-electron chi connectivity index (χ3n) is 2.93. The van der Waals surface area contributed by atoms with Crippen LogP contribution in [-0.4, -0.2) is 19.8 Å². The maximum absolute atomic E-state index is 12.3. The molecule has 0 bridgehead atoms. The van der Waals surface area contributed by atoms with Crippen molar-refractivity contribution in [3.63, 3.8) is 0 Å². The number of aryl methyl sites for hydroxylation is 1. The van der Waals surface area contributed by atoms with E-state index in [2.05, 4.69) is 5.32 Å². The zero-order valence-electron chi connectivity index (χ0n) is 11.1. The molecule has 0 atom stereocenters. The van der Waals surface area contributed by atoms with E-state index >= 15 is 0 Å². The summed E-state index contributed by atoms with van der Waals surface area (Å²) in [5, 5.41) is 4.74. The number of carbonyl (C=O) groups excluding carboxylic acids is 1. The van der Waals surface area contributed by atoms with E-state index in [4.69, 9.17) is 14.2 Å². The Morgan fingerprint density at radius 3 is 2.70 bits per heavy atom. The van der Waals surface area contributed by atoms with E-state index in [1.165, 1.54) is 7.11 Å². The molecule has 1 amide bonds. The molecular weight excluding hydrogens is 278 g/mol. The fourth-order valence-corrected chi connectivity index (χ4v) is 2.61. The number of anilines is 1. The Morgan fingerprint density at radius 1 is 1.30 bits per heavy atom. The Kier molecular flexibility index (Phi) is 3.23. The van der Waals surface area contributed by atoms with Crippen molar-refractivity contribution >= 4 is 22.9 Å². The number of hydrogen-bond donors (Lipinski definition) is 1. The van der Waals surface area contributed by atoms with Crippen molar-refractivity contribution in [2.45, 2.75) is 6.92 Å². The van der Waals surface area contributed by atoms with Gasteiger partial charge in [0.1, 0.15) is 5.75 Å². The van der Waals surface area contributed by atoms with E-state index in [1.54, 1.807) is 23.5 Å². The molecule has 6 heteroatoms. The number of nitrogens with one attached hydrogen (secondary N) is 1. The SMILES string of the molecule is COc1cc2c(cc1C(=O)Nc1csc(C)c1)OCO2. The van der Waals surface area contributed by atoms with Gasteiger partial charge in [0.2, 0.25) is 6.79 Å². The Balaban J connectivity index is 1.90. The van der Waals surface area contributed by atoms with Crippen LogP contribution < -0.4 is 19.5 Å². The second kappa shape index (κ2) is 5.05. The summed E-state index contributed by atoms with van der Waals surface area (Å²) in [5.41, 5.74) is 1.19. The minimum atomic E-state index is -0.238. The lowest BCUT2D eigenvalue weighted by molar-refractivity contribution is 0.102. The molecule has 1 aliphatic heterocycles. The Morgan fingerprint density at radius 2 is 2.05 bits per heavy atom. The standard InChI is InChI=1S/C14H13NO4S/c1-8-3-9(6-20-8)15-14(16)10-4-12-13(19-7-18-12)5-11(10)17-2/h3-6H,7H2,1-2H3,(H,15,16). The second-order valence-corrected chi connectivity index (χ2v) is 5.42. The second-order valence-electron chi connectivity index (χ2n) is 4.31. The number of thiophene rings is 1. The summed E-state index contributed by atoms with van der Waals surface area (Å²) >= 11 is 1.58. The topological polar surface area (TPSA) is 56.8 Å². The number of carbonyl (C=O) groups is 1. The number of rotatable bonds is 3. The molecule has 2 heterocycles. The molecule has 5 nitrogen and oxygen atoms in total. The van der Waals surface area contributed by atoms with Gasteiger partial charge in [-0.3, -0.25) is 4.79 Å². The van der Waals surface area contributed by atoms with Crippen LogP contribution in [0, 0.1) is 6.92 Å². The van der Waals surface area contributed by atoms with Gasteiger partial charge in [0.15, 0.2) is 11.5 Å². The van der Waals surface area contributed by atoms with Gasteiger partial charge in [-0.2, -0.15) is 0 Å². The smallest absolute Gasteiger partial charge is 0.259 e. The summed E-state index contributed by atoms with van der Waals surface area (Å²) < 4.78 is 15.8. The van der Waals surface area contributed by atoms with E-state index in [-0.39, 0.29) is 12.7 Å². The molecule has 2 aromatic rings. The zero-order valence-corrected chi connectivity index (χ0v) is 11.9. The summed E-state index contributed by atoms with van der Waals surface area (Å²) in [6.07, 6.45) is 0. The van der Waals surface area contributed by atoms with Crippen molar-refractivity contribution in [3.05, 3.63) is 34.0 Å². The lowest BCUT2D eigenvalue weighted by atomic mass is 10.1. The number of benzene rings is 1. The van der Waals surface area contributed by atoms with Crippen LogP contribution in [0.1, 0.15) is 15.2 Å². The fourth-order valence-electron chi connectivity index (χ4n) is 1.98. The van der Waals surface area contributed by atoms with Gasteiger partial charge in [-0.25, -0.2) is 0 Å². The van der Waals surface area contributed by atoms with Gasteiger partial charge in [-0.1, -0.05) is 0 Å². The molecule has 1 aromatic heterocycles. The third-order valence-corrected chi connectivity index (χ3v) is 3.79. The fraction of sp³-hybridized carbons (Fsp3) is 0.214. The normalized spacial score (nSPS) is 12.3. The Labute approximate surface area is 120 Å². The van der Waals surface area contributed by atoms with Gasteiger partial charge in [0.25, 0.3) is 5.91 Å². The maximum atomic E-state index is 12.3. The van der Waals surface area contributed by atoms with E-state index in [0.29, 0.717) is 22.8 Å². The first-order valence-corrected chi connectivity index (χ1v) is 6.89. The summed E-state index contributed by atoms with van der Waals surface area (Å²) in [6, 6.07) is 5.22. The van der Waals surface area contributed by atoms with E-state index < -0.39 is 0 Å². The van der Waals surface area contributed by atoms with Gasteiger partial charge >= 0.3 is 0 Å². The Hall–Kier alpha value is -2.21. The quantitative estimate of drug-likeness (QED) is 0.944.